The van der Waals surface area contributed by atoms with E-state index in [4.69, 9.17) is 42.3 Å². The van der Waals surface area contributed by atoms with Gasteiger partial charge in [-0.1, -0.05) is 11.6 Å². The summed E-state index contributed by atoms with van der Waals surface area (Å²) < 4.78 is 22.9. The first-order valence-electron chi connectivity index (χ1n) is 11.2. The van der Waals surface area contributed by atoms with Gasteiger partial charge in [0.2, 0.25) is 6.04 Å². The van der Waals surface area contributed by atoms with Crippen molar-refractivity contribution < 1.29 is 28.5 Å². The summed E-state index contributed by atoms with van der Waals surface area (Å²) in [6.45, 7) is 9.99. The summed E-state index contributed by atoms with van der Waals surface area (Å²) in [6.07, 6.45) is 0. The van der Waals surface area contributed by atoms with Crippen molar-refractivity contribution >= 4 is 46.4 Å². The Morgan fingerprint density at radius 2 is 1.49 bits per heavy atom. The van der Waals surface area contributed by atoms with E-state index in [1.807, 2.05) is 13.8 Å². The van der Waals surface area contributed by atoms with Crippen molar-refractivity contribution in [1.29, 1.82) is 0 Å². The summed E-state index contributed by atoms with van der Waals surface area (Å²) in [6, 6.07) is 6.42. The molecule has 2 rings (SSSR count). The fraction of sp³-hybridized carbons (Fsp3) is 0.417. The molecule has 0 radical (unpaired) electrons. The molecule has 0 aliphatic heterocycles. The SMILES string of the molecule is CCOc1ccc(OCC)c(N(Cl)C(=O)C(N=Nc2cc(Cl)c(OCC)cc2OCC)C(C)=O)c1. The maximum atomic E-state index is 13.2. The van der Waals surface area contributed by atoms with Crippen molar-refractivity contribution in [3.8, 4) is 23.0 Å². The number of carbonyl (C=O) groups excluding carboxylic acids is 2. The van der Waals surface area contributed by atoms with Crippen LogP contribution in [0.5, 0.6) is 23.0 Å². The van der Waals surface area contributed by atoms with Crippen LogP contribution in [0.3, 0.4) is 0 Å². The number of nitrogens with zero attached hydrogens (tertiary/aromatic N) is 3. The number of carbonyl (C=O) groups is 2. The number of rotatable bonds is 13. The lowest BCUT2D eigenvalue weighted by Gasteiger charge is -2.20. The zero-order valence-corrected chi connectivity index (χ0v) is 21.9. The van der Waals surface area contributed by atoms with Crippen molar-refractivity contribution in [1.82, 2.24) is 0 Å². The fourth-order valence-corrected chi connectivity index (χ4v) is 3.41. The lowest BCUT2D eigenvalue weighted by molar-refractivity contribution is -0.126. The number of ketones is 1. The number of hydrogen-bond donors (Lipinski definition) is 0. The molecule has 2 aromatic rings. The number of azo groups is 1. The van der Waals surface area contributed by atoms with E-state index in [0.29, 0.717) is 49.4 Å². The zero-order chi connectivity index (χ0) is 26.0. The molecule has 11 heteroatoms. The Bertz CT molecular complexity index is 1060. The van der Waals surface area contributed by atoms with Gasteiger partial charge < -0.3 is 18.9 Å². The van der Waals surface area contributed by atoms with E-state index in [9.17, 15) is 9.59 Å². The van der Waals surface area contributed by atoms with Gasteiger partial charge in [0, 0.05) is 23.9 Å². The van der Waals surface area contributed by atoms with E-state index >= 15 is 0 Å². The molecule has 9 nitrogen and oxygen atoms in total. The smallest absolute Gasteiger partial charge is 0.276 e. The molecule has 0 saturated carbocycles. The molecule has 0 heterocycles. The molecule has 2 aromatic carbocycles. The number of anilines is 1. The second-order valence-corrected chi connectivity index (χ2v) is 7.70. The van der Waals surface area contributed by atoms with Gasteiger partial charge in [-0.3, -0.25) is 9.59 Å². The first-order valence-corrected chi connectivity index (χ1v) is 11.9. The number of Topliss-reactive ketones (excluding diaryl/α,β-unsaturated/α-hetero) is 1. The normalized spacial score (nSPS) is 11.7. The van der Waals surface area contributed by atoms with Crippen LogP contribution in [-0.4, -0.2) is 44.2 Å². The predicted octanol–water partition coefficient (Wildman–Crippen LogP) is 6.16. The van der Waals surface area contributed by atoms with Crippen molar-refractivity contribution in [2.45, 2.75) is 40.7 Å². The minimum absolute atomic E-state index is 0.213. The molecule has 0 fully saturated rings. The van der Waals surface area contributed by atoms with Gasteiger partial charge in [-0.15, -0.1) is 0 Å². The second kappa shape index (κ2) is 13.7. The van der Waals surface area contributed by atoms with Crippen molar-refractivity contribution in [3.63, 3.8) is 0 Å². The molecule has 1 unspecified atom stereocenters. The molecule has 0 aliphatic carbocycles. The third-order valence-electron chi connectivity index (χ3n) is 4.46. The van der Waals surface area contributed by atoms with E-state index in [0.717, 1.165) is 4.42 Å². The molecular weight excluding hydrogens is 497 g/mol. The molecule has 1 atom stereocenters. The Morgan fingerprint density at radius 3 is 2.09 bits per heavy atom. The summed E-state index contributed by atoms with van der Waals surface area (Å²) in [5.41, 5.74) is 0.443. The first kappa shape index (κ1) is 28.2. The van der Waals surface area contributed by atoms with Gasteiger partial charge in [0.05, 0.1) is 31.5 Å². The molecule has 190 valence electrons. The van der Waals surface area contributed by atoms with Crippen LogP contribution in [0.25, 0.3) is 0 Å². The molecular formula is C24H29Cl2N3O6. The molecule has 1 amide bonds. The molecule has 0 aliphatic rings. The lowest BCUT2D eigenvalue weighted by Crippen LogP contribution is -2.36. The van der Waals surface area contributed by atoms with Gasteiger partial charge in [0.1, 0.15) is 28.6 Å². The van der Waals surface area contributed by atoms with Crippen molar-refractivity contribution in [2.24, 2.45) is 10.2 Å². The molecule has 35 heavy (non-hydrogen) atoms. The van der Waals surface area contributed by atoms with Crippen LogP contribution in [0.2, 0.25) is 5.02 Å². The van der Waals surface area contributed by atoms with Crippen LogP contribution in [0.15, 0.2) is 40.6 Å². The zero-order valence-electron chi connectivity index (χ0n) is 20.3. The summed E-state index contributed by atoms with van der Waals surface area (Å²) in [4.78, 5) is 25.5. The van der Waals surface area contributed by atoms with Gasteiger partial charge in [-0.05, 0) is 52.8 Å². The summed E-state index contributed by atoms with van der Waals surface area (Å²) in [5, 5.41) is 8.35. The highest BCUT2D eigenvalue weighted by Crippen LogP contribution is 2.39. The highest BCUT2D eigenvalue weighted by molar-refractivity contribution is 6.39. The number of halogens is 2. The molecule has 0 aromatic heterocycles. The third kappa shape index (κ3) is 7.47. The van der Waals surface area contributed by atoms with Crippen molar-refractivity contribution in [2.75, 3.05) is 30.8 Å². The minimum atomic E-state index is -1.52. The average Bonchev–Trinajstić information content (AvgIpc) is 2.82. The van der Waals surface area contributed by atoms with Crippen LogP contribution < -0.4 is 23.4 Å². The number of hydrogen-bond acceptors (Lipinski definition) is 8. The monoisotopic (exact) mass is 525 g/mol. The van der Waals surface area contributed by atoms with Gasteiger partial charge in [0.15, 0.2) is 11.5 Å². The molecule has 0 N–H and O–H groups in total. The van der Waals surface area contributed by atoms with E-state index < -0.39 is 17.7 Å². The van der Waals surface area contributed by atoms with Crippen molar-refractivity contribution in [3.05, 3.63) is 35.4 Å². The first-order chi connectivity index (χ1) is 16.8. The molecule has 0 saturated heterocycles. The Balaban J connectivity index is 2.42. The number of ether oxygens (including phenoxy) is 4. The molecule has 0 spiro atoms. The Morgan fingerprint density at radius 1 is 0.886 bits per heavy atom. The maximum Gasteiger partial charge on any atom is 0.276 e. The van der Waals surface area contributed by atoms with Gasteiger partial charge in [-0.25, -0.2) is 4.42 Å². The number of benzene rings is 2. The summed E-state index contributed by atoms with van der Waals surface area (Å²) in [5.74, 6) is 0.210. The predicted molar refractivity (Wildman–Crippen MR) is 135 cm³/mol. The van der Waals surface area contributed by atoms with E-state index in [1.165, 1.54) is 13.0 Å². The highest BCUT2D eigenvalue weighted by atomic mass is 35.5. The van der Waals surface area contributed by atoms with E-state index in [-0.39, 0.29) is 16.4 Å². The fourth-order valence-electron chi connectivity index (χ4n) is 2.97. The summed E-state index contributed by atoms with van der Waals surface area (Å²) in [7, 11) is 0. The van der Waals surface area contributed by atoms with E-state index in [2.05, 4.69) is 10.2 Å². The average molecular weight is 526 g/mol. The standard InChI is InChI=1S/C24H29Cl2N3O6/c1-6-32-16-10-11-20(33-7-2)19(12-16)29(26)24(31)23(15(5)30)28-27-18-13-17(25)21(34-8-3)14-22(18)35-9-4/h10-14,23H,6-9H2,1-5H3. The van der Waals surface area contributed by atoms with Crippen LogP contribution in [0.1, 0.15) is 34.6 Å². The number of amides is 1. The Kier molecular flexibility index (Phi) is 11.1. The maximum absolute atomic E-state index is 13.2. The minimum Gasteiger partial charge on any atom is -0.494 e. The Hall–Kier alpha value is -3.04. The van der Waals surface area contributed by atoms with Gasteiger partial charge in [-0.2, -0.15) is 10.2 Å². The summed E-state index contributed by atoms with van der Waals surface area (Å²) >= 11 is 12.7. The van der Waals surface area contributed by atoms with Gasteiger partial charge in [0.25, 0.3) is 5.91 Å². The highest BCUT2D eigenvalue weighted by Gasteiger charge is 2.31. The van der Waals surface area contributed by atoms with Gasteiger partial charge >= 0.3 is 0 Å². The van der Waals surface area contributed by atoms with Crippen LogP contribution in [0.4, 0.5) is 11.4 Å². The second-order valence-electron chi connectivity index (χ2n) is 6.96. The topological polar surface area (TPSA) is 99.0 Å². The van der Waals surface area contributed by atoms with Crippen LogP contribution in [0, 0.1) is 0 Å². The van der Waals surface area contributed by atoms with Crippen LogP contribution >= 0.6 is 23.4 Å². The molecule has 0 bridgehead atoms. The Labute approximate surface area is 215 Å². The quantitative estimate of drug-likeness (QED) is 0.176. The largest absolute Gasteiger partial charge is 0.494 e. The lowest BCUT2D eigenvalue weighted by atomic mass is 10.2. The van der Waals surface area contributed by atoms with E-state index in [1.54, 1.807) is 38.1 Å². The van der Waals surface area contributed by atoms with Crippen LogP contribution in [-0.2, 0) is 9.59 Å². The third-order valence-corrected chi connectivity index (χ3v) is 5.10.